The van der Waals surface area contributed by atoms with Crippen LogP contribution < -0.4 is 10.0 Å². The molecule has 1 heterocycles. The van der Waals surface area contributed by atoms with E-state index in [1.165, 1.54) is 24.3 Å². The zero-order valence-corrected chi connectivity index (χ0v) is 19.3. The lowest BCUT2D eigenvalue weighted by atomic mass is 10.0. The Morgan fingerprint density at radius 3 is 2.56 bits per heavy atom. The van der Waals surface area contributed by atoms with Crippen LogP contribution in [0.3, 0.4) is 0 Å². The highest BCUT2D eigenvalue weighted by Crippen LogP contribution is 2.37. The first-order chi connectivity index (χ1) is 15.0. The SMILES string of the molecule is CS(=O)(=O)N(CC(O)CC#N)c1cc2oc(Cc3ccc(F)cc3)c(C(N)=O)c2cc1Br. The molecule has 2 aromatic carbocycles. The van der Waals surface area contributed by atoms with Crippen LogP contribution in [0.15, 0.2) is 45.3 Å². The smallest absolute Gasteiger partial charge is 0.252 e. The fourth-order valence-corrected chi connectivity index (χ4v) is 4.93. The Kier molecular flexibility index (Phi) is 6.88. The first-order valence-electron chi connectivity index (χ1n) is 9.33. The van der Waals surface area contributed by atoms with E-state index in [1.54, 1.807) is 18.2 Å². The molecule has 1 unspecified atom stereocenters. The molecule has 1 amide bonds. The van der Waals surface area contributed by atoms with E-state index < -0.39 is 27.9 Å². The molecule has 0 aliphatic heterocycles. The molecule has 1 atom stereocenters. The maximum atomic E-state index is 13.2. The van der Waals surface area contributed by atoms with Gasteiger partial charge in [0.05, 0.1) is 42.6 Å². The molecule has 0 bridgehead atoms. The summed E-state index contributed by atoms with van der Waals surface area (Å²) in [5, 5.41) is 19.1. The average molecular weight is 524 g/mol. The molecule has 11 heteroatoms. The van der Waals surface area contributed by atoms with Crippen molar-refractivity contribution in [3.63, 3.8) is 0 Å². The van der Waals surface area contributed by atoms with Crippen LogP contribution in [0.5, 0.6) is 0 Å². The van der Waals surface area contributed by atoms with Gasteiger partial charge in [-0.25, -0.2) is 12.8 Å². The van der Waals surface area contributed by atoms with Crippen LogP contribution in [-0.4, -0.2) is 38.3 Å². The van der Waals surface area contributed by atoms with Gasteiger partial charge in [0.15, 0.2) is 0 Å². The van der Waals surface area contributed by atoms with Crippen LogP contribution in [0.4, 0.5) is 10.1 Å². The normalized spacial score (nSPS) is 12.5. The summed E-state index contributed by atoms with van der Waals surface area (Å²) in [6.45, 7) is -0.345. The second-order valence-electron chi connectivity index (χ2n) is 7.18. The van der Waals surface area contributed by atoms with Crippen molar-refractivity contribution in [2.75, 3.05) is 17.1 Å². The monoisotopic (exact) mass is 523 g/mol. The number of fused-ring (bicyclic) bond motifs is 1. The van der Waals surface area contributed by atoms with Gasteiger partial charge in [-0.05, 0) is 39.7 Å². The summed E-state index contributed by atoms with van der Waals surface area (Å²) >= 11 is 3.32. The Bertz CT molecular complexity index is 1320. The molecule has 0 aliphatic rings. The van der Waals surface area contributed by atoms with E-state index in [-0.39, 0.29) is 42.0 Å². The quantitative estimate of drug-likeness (QED) is 0.465. The van der Waals surface area contributed by atoms with Crippen LogP contribution >= 0.6 is 15.9 Å². The summed E-state index contributed by atoms with van der Waals surface area (Å²) in [6.07, 6.45) is -0.319. The lowest BCUT2D eigenvalue weighted by Crippen LogP contribution is -2.37. The third-order valence-corrected chi connectivity index (χ3v) is 6.51. The summed E-state index contributed by atoms with van der Waals surface area (Å²) in [6, 6.07) is 10.4. The van der Waals surface area contributed by atoms with Crippen LogP contribution in [0.25, 0.3) is 11.0 Å². The van der Waals surface area contributed by atoms with E-state index in [2.05, 4.69) is 15.9 Å². The molecule has 0 saturated carbocycles. The van der Waals surface area contributed by atoms with Crippen LogP contribution in [0, 0.1) is 17.1 Å². The number of furan rings is 1. The number of aliphatic hydroxyl groups is 1. The number of rotatable bonds is 8. The fourth-order valence-electron chi connectivity index (χ4n) is 3.30. The number of amides is 1. The number of anilines is 1. The van der Waals surface area contributed by atoms with Gasteiger partial charge >= 0.3 is 0 Å². The third kappa shape index (κ3) is 5.09. The number of sulfonamides is 1. The molecular weight excluding hydrogens is 505 g/mol. The summed E-state index contributed by atoms with van der Waals surface area (Å²) in [4.78, 5) is 12.2. The number of primary amides is 1. The van der Waals surface area contributed by atoms with E-state index in [1.807, 2.05) is 0 Å². The molecule has 0 saturated heterocycles. The molecule has 0 spiro atoms. The van der Waals surface area contributed by atoms with Gasteiger partial charge in [0.1, 0.15) is 17.2 Å². The summed E-state index contributed by atoms with van der Waals surface area (Å²) in [5.41, 5.74) is 6.76. The number of carbonyl (C=O) groups excluding carboxylic acids is 1. The van der Waals surface area contributed by atoms with E-state index in [4.69, 9.17) is 15.4 Å². The molecule has 1 aromatic heterocycles. The maximum absolute atomic E-state index is 13.2. The second kappa shape index (κ2) is 9.28. The van der Waals surface area contributed by atoms with Crippen LogP contribution in [0.2, 0.25) is 0 Å². The first-order valence-corrected chi connectivity index (χ1v) is 12.0. The van der Waals surface area contributed by atoms with Crippen molar-refractivity contribution in [1.82, 2.24) is 0 Å². The highest BCUT2D eigenvalue weighted by molar-refractivity contribution is 9.10. The van der Waals surface area contributed by atoms with Gasteiger partial charge in [0.25, 0.3) is 5.91 Å². The van der Waals surface area contributed by atoms with E-state index >= 15 is 0 Å². The van der Waals surface area contributed by atoms with Crippen molar-refractivity contribution < 1.29 is 27.1 Å². The summed E-state index contributed by atoms with van der Waals surface area (Å²) < 4.78 is 45.1. The van der Waals surface area contributed by atoms with Gasteiger partial charge in [0.2, 0.25) is 10.0 Å². The Balaban J connectivity index is 2.12. The number of nitrogens with zero attached hydrogens (tertiary/aromatic N) is 2. The molecular formula is C21H19BrFN3O5S. The second-order valence-corrected chi connectivity index (χ2v) is 9.94. The van der Waals surface area contributed by atoms with Crippen molar-refractivity contribution in [3.8, 4) is 6.07 Å². The number of hydrogen-bond acceptors (Lipinski definition) is 6. The molecule has 0 fully saturated rings. The predicted molar refractivity (Wildman–Crippen MR) is 120 cm³/mol. The number of nitrogens with two attached hydrogens (primary N) is 1. The topological polar surface area (TPSA) is 138 Å². The highest BCUT2D eigenvalue weighted by atomic mass is 79.9. The van der Waals surface area contributed by atoms with Crippen molar-refractivity contribution >= 4 is 48.5 Å². The number of benzene rings is 2. The molecule has 8 nitrogen and oxygen atoms in total. The van der Waals surface area contributed by atoms with Crippen molar-refractivity contribution in [1.29, 1.82) is 5.26 Å². The zero-order chi connectivity index (χ0) is 23.6. The minimum absolute atomic E-state index is 0.131. The Morgan fingerprint density at radius 1 is 1.34 bits per heavy atom. The van der Waals surface area contributed by atoms with E-state index in [9.17, 15) is 22.7 Å². The number of nitriles is 1. The molecule has 168 valence electrons. The first kappa shape index (κ1) is 23.7. The zero-order valence-electron chi connectivity index (χ0n) is 16.9. The van der Waals surface area contributed by atoms with E-state index in [0.717, 1.165) is 10.6 Å². The van der Waals surface area contributed by atoms with Gasteiger partial charge in [-0.15, -0.1) is 0 Å². The highest BCUT2D eigenvalue weighted by Gasteiger charge is 2.26. The van der Waals surface area contributed by atoms with Crippen LogP contribution in [0.1, 0.15) is 28.1 Å². The Hall–Kier alpha value is -2.94. The maximum Gasteiger partial charge on any atom is 0.252 e. The molecule has 3 N–H and O–H groups in total. The standard InChI is InChI=1S/C21H19BrFN3O5S/c1-32(29,30)26(11-14(27)6-7-24)17-10-18-15(9-16(17)22)20(21(25)28)19(31-18)8-12-2-4-13(23)5-3-12/h2-5,9-10,14,27H,6,8,11H2,1H3,(H2,25,28). The van der Waals surface area contributed by atoms with Gasteiger partial charge in [-0.1, -0.05) is 12.1 Å². The number of carbonyl (C=O) groups is 1. The molecule has 3 aromatic rings. The molecule has 32 heavy (non-hydrogen) atoms. The van der Waals surface area contributed by atoms with Gasteiger partial charge in [0, 0.05) is 22.3 Å². The molecule has 0 radical (unpaired) electrons. The molecule has 0 aliphatic carbocycles. The fraction of sp³-hybridized carbons (Fsp3) is 0.238. The van der Waals surface area contributed by atoms with Crippen molar-refractivity contribution in [2.45, 2.75) is 18.9 Å². The van der Waals surface area contributed by atoms with Gasteiger partial charge in [-0.3, -0.25) is 9.10 Å². The van der Waals surface area contributed by atoms with Crippen molar-refractivity contribution in [3.05, 3.63) is 63.6 Å². The number of hydrogen-bond donors (Lipinski definition) is 2. The minimum Gasteiger partial charge on any atom is -0.460 e. The van der Waals surface area contributed by atoms with Crippen molar-refractivity contribution in [2.24, 2.45) is 5.73 Å². The minimum atomic E-state index is -3.83. The molecule has 3 rings (SSSR count). The number of aliphatic hydroxyl groups excluding tert-OH is 1. The average Bonchev–Trinajstić information content (AvgIpc) is 3.03. The summed E-state index contributed by atoms with van der Waals surface area (Å²) in [7, 11) is -3.83. The predicted octanol–water partition coefficient (Wildman–Crippen LogP) is 3.06. The lowest BCUT2D eigenvalue weighted by molar-refractivity contribution is 0.1000. The van der Waals surface area contributed by atoms with Gasteiger partial charge < -0.3 is 15.3 Å². The Labute approximate surface area is 192 Å². The largest absolute Gasteiger partial charge is 0.460 e. The third-order valence-electron chi connectivity index (χ3n) is 4.73. The summed E-state index contributed by atoms with van der Waals surface area (Å²) in [5.74, 6) is -0.884. The number of halogens is 2. The van der Waals surface area contributed by atoms with Crippen LogP contribution in [-0.2, 0) is 16.4 Å². The van der Waals surface area contributed by atoms with E-state index in [0.29, 0.717) is 15.4 Å². The Morgan fingerprint density at radius 2 is 2.00 bits per heavy atom. The lowest BCUT2D eigenvalue weighted by Gasteiger charge is -2.25. The van der Waals surface area contributed by atoms with Gasteiger partial charge in [-0.2, -0.15) is 5.26 Å².